The van der Waals surface area contributed by atoms with Crippen molar-refractivity contribution in [2.75, 3.05) is 26.3 Å². The molecule has 1 unspecified atom stereocenters. The summed E-state index contributed by atoms with van der Waals surface area (Å²) in [6.07, 6.45) is 0.294. The van der Waals surface area contributed by atoms with Crippen molar-refractivity contribution in [1.82, 2.24) is 14.5 Å². The normalized spacial score (nSPS) is 17.1. The Morgan fingerprint density at radius 1 is 1.33 bits per heavy atom. The summed E-state index contributed by atoms with van der Waals surface area (Å²) < 4.78 is 11.9. The highest BCUT2D eigenvalue weighted by molar-refractivity contribution is 5.81. The van der Waals surface area contributed by atoms with E-state index in [9.17, 15) is 14.4 Å². The second-order valence-electron chi connectivity index (χ2n) is 6.59. The number of para-hydroxylation sites is 1. The van der Waals surface area contributed by atoms with E-state index in [0.29, 0.717) is 36.4 Å². The molecule has 1 saturated heterocycles. The predicted octanol–water partition coefficient (Wildman–Crippen LogP) is 0.657. The number of aromatic nitrogens is 2. The lowest BCUT2D eigenvalue weighted by Crippen LogP contribution is -2.46. The van der Waals surface area contributed by atoms with Crippen molar-refractivity contribution >= 4 is 22.8 Å². The number of carbonyl (C=O) groups excluding carboxylic acids is 2. The third-order valence-corrected chi connectivity index (χ3v) is 4.58. The van der Waals surface area contributed by atoms with Crippen molar-refractivity contribution in [2.45, 2.75) is 25.9 Å². The Balaban J connectivity index is 1.55. The van der Waals surface area contributed by atoms with Gasteiger partial charge in [-0.15, -0.1) is 0 Å². The molecule has 3 rings (SSSR count). The van der Waals surface area contributed by atoms with Gasteiger partial charge in [0, 0.05) is 26.6 Å². The summed E-state index contributed by atoms with van der Waals surface area (Å²) in [4.78, 5) is 42.5. The molecule has 8 nitrogen and oxygen atoms in total. The molecule has 1 aliphatic rings. The molecule has 2 heterocycles. The third-order valence-electron chi connectivity index (χ3n) is 4.58. The van der Waals surface area contributed by atoms with Gasteiger partial charge in [0.25, 0.3) is 11.5 Å². The quantitative estimate of drug-likeness (QED) is 0.715. The average molecular weight is 373 g/mol. The fraction of sp³-hybridized carbons (Fsp3) is 0.474. The topological polar surface area (TPSA) is 90.7 Å². The molecule has 1 fully saturated rings. The molecule has 0 aliphatic carbocycles. The minimum absolute atomic E-state index is 0.0151. The van der Waals surface area contributed by atoms with Crippen LogP contribution in [0.25, 0.3) is 10.9 Å². The minimum Gasteiger partial charge on any atom is -0.456 e. The van der Waals surface area contributed by atoms with Crippen LogP contribution in [-0.2, 0) is 32.5 Å². The Hall–Kier alpha value is -2.74. The second-order valence-corrected chi connectivity index (χ2v) is 6.59. The first-order chi connectivity index (χ1) is 13.0. The summed E-state index contributed by atoms with van der Waals surface area (Å²) in [6.45, 7) is 3.10. The van der Waals surface area contributed by atoms with Crippen molar-refractivity contribution < 1.29 is 19.1 Å². The van der Waals surface area contributed by atoms with Crippen LogP contribution in [0.15, 0.2) is 29.1 Å². The fourth-order valence-electron chi connectivity index (χ4n) is 3.05. The maximum absolute atomic E-state index is 12.4. The number of rotatable bonds is 5. The standard InChI is InChI=1S/C19H23N3O5/c1-13-11-22(9-10-26-13)17(23)12-27-18(24)8-7-16-20-15-6-4-3-5-14(15)19(25)21(16)2/h3-6,13H,7-12H2,1-2H3. The van der Waals surface area contributed by atoms with E-state index in [1.54, 1.807) is 30.1 Å². The monoisotopic (exact) mass is 373 g/mol. The zero-order valence-corrected chi connectivity index (χ0v) is 15.5. The van der Waals surface area contributed by atoms with E-state index in [4.69, 9.17) is 9.47 Å². The van der Waals surface area contributed by atoms with E-state index in [1.165, 1.54) is 4.57 Å². The van der Waals surface area contributed by atoms with Gasteiger partial charge >= 0.3 is 5.97 Å². The highest BCUT2D eigenvalue weighted by atomic mass is 16.5. The molecule has 1 aromatic carbocycles. The van der Waals surface area contributed by atoms with E-state index in [2.05, 4.69) is 4.98 Å². The number of aryl methyl sites for hydroxylation is 1. The molecule has 2 aromatic rings. The number of fused-ring (bicyclic) bond motifs is 1. The van der Waals surface area contributed by atoms with Gasteiger partial charge in [0.2, 0.25) is 0 Å². The van der Waals surface area contributed by atoms with Gasteiger partial charge in [0.15, 0.2) is 6.61 Å². The number of nitrogens with zero attached hydrogens (tertiary/aromatic N) is 3. The summed E-state index contributed by atoms with van der Waals surface area (Å²) in [5, 5.41) is 0.539. The first-order valence-electron chi connectivity index (χ1n) is 8.95. The van der Waals surface area contributed by atoms with Crippen molar-refractivity contribution in [1.29, 1.82) is 0 Å². The summed E-state index contributed by atoms with van der Waals surface area (Å²) in [5.41, 5.74) is 0.446. The Morgan fingerprint density at radius 2 is 2.11 bits per heavy atom. The van der Waals surface area contributed by atoms with Crippen LogP contribution in [0.2, 0.25) is 0 Å². The summed E-state index contributed by atoms with van der Waals surface area (Å²) in [6, 6.07) is 7.08. The largest absolute Gasteiger partial charge is 0.456 e. The molecule has 144 valence electrons. The molecule has 0 bridgehead atoms. The maximum atomic E-state index is 12.4. The number of hydrogen-bond acceptors (Lipinski definition) is 6. The first-order valence-corrected chi connectivity index (χ1v) is 8.95. The van der Waals surface area contributed by atoms with Crippen LogP contribution in [-0.4, -0.2) is 58.7 Å². The van der Waals surface area contributed by atoms with Crippen molar-refractivity contribution in [3.8, 4) is 0 Å². The number of benzene rings is 1. The number of hydrogen-bond donors (Lipinski definition) is 0. The number of amides is 1. The third kappa shape index (κ3) is 4.51. The van der Waals surface area contributed by atoms with Crippen LogP contribution in [0.3, 0.4) is 0 Å². The molecule has 8 heteroatoms. The van der Waals surface area contributed by atoms with Crippen molar-refractivity contribution in [2.24, 2.45) is 7.05 Å². The van der Waals surface area contributed by atoms with Crippen LogP contribution in [0.1, 0.15) is 19.2 Å². The number of morpholine rings is 1. The molecule has 1 aliphatic heterocycles. The molecule has 0 spiro atoms. The van der Waals surface area contributed by atoms with Gasteiger partial charge in [-0.2, -0.15) is 0 Å². The Kier molecular flexibility index (Phi) is 5.85. The van der Waals surface area contributed by atoms with Crippen LogP contribution in [0, 0.1) is 0 Å². The zero-order valence-electron chi connectivity index (χ0n) is 15.5. The van der Waals surface area contributed by atoms with Crippen molar-refractivity contribution in [3.05, 3.63) is 40.4 Å². The molecule has 0 N–H and O–H groups in total. The average Bonchev–Trinajstić information content (AvgIpc) is 2.67. The Morgan fingerprint density at radius 3 is 2.89 bits per heavy atom. The second kappa shape index (κ2) is 8.30. The van der Waals surface area contributed by atoms with Crippen LogP contribution < -0.4 is 5.56 Å². The van der Waals surface area contributed by atoms with Gasteiger partial charge in [-0.1, -0.05) is 12.1 Å². The summed E-state index contributed by atoms with van der Waals surface area (Å²) in [7, 11) is 1.63. The molecular formula is C19H23N3O5. The molecule has 0 saturated carbocycles. The molecular weight excluding hydrogens is 350 g/mol. The van der Waals surface area contributed by atoms with E-state index in [0.717, 1.165) is 0 Å². The number of carbonyl (C=O) groups is 2. The molecule has 1 amide bonds. The van der Waals surface area contributed by atoms with E-state index < -0.39 is 5.97 Å². The van der Waals surface area contributed by atoms with Gasteiger partial charge in [-0.3, -0.25) is 19.0 Å². The van der Waals surface area contributed by atoms with Crippen LogP contribution in [0.4, 0.5) is 0 Å². The Labute approximate surface area is 156 Å². The van der Waals surface area contributed by atoms with Gasteiger partial charge < -0.3 is 14.4 Å². The lowest BCUT2D eigenvalue weighted by molar-refractivity contribution is -0.154. The van der Waals surface area contributed by atoms with Crippen LogP contribution in [0.5, 0.6) is 0 Å². The molecule has 1 aromatic heterocycles. The molecule has 0 radical (unpaired) electrons. The van der Waals surface area contributed by atoms with E-state index >= 15 is 0 Å². The summed E-state index contributed by atoms with van der Waals surface area (Å²) in [5.74, 6) is -0.217. The van der Waals surface area contributed by atoms with Crippen molar-refractivity contribution in [3.63, 3.8) is 0 Å². The number of ether oxygens (including phenoxy) is 2. The van der Waals surface area contributed by atoms with Crippen LogP contribution >= 0.6 is 0 Å². The SMILES string of the molecule is CC1CN(C(=O)COC(=O)CCc2nc3ccccc3c(=O)n2C)CCO1. The Bertz CT molecular complexity index is 908. The predicted molar refractivity (Wildman–Crippen MR) is 98.3 cm³/mol. The summed E-state index contributed by atoms with van der Waals surface area (Å²) >= 11 is 0. The maximum Gasteiger partial charge on any atom is 0.306 e. The minimum atomic E-state index is -0.493. The molecule has 1 atom stereocenters. The van der Waals surface area contributed by atoms with Gasteiger partial charge in [-0.05, 0) is 19.1 Å². The highest BCUT2D eigenvalue weighted by Gasteiger charge is 2.22. The first kappa shape index (κ1) is 19.0. The lowest BCUT2D eigenvalue weighted by Gasteiger charge is -2.30. The van der Waals surface area contributed by atoms with E-state index in [1.807, 2.05) is 13.0 Å². The number of esters is 1. The molecule has 27 heavy (non-hydrogen) atoms. The lowest BCUT2D eigenvalue weighted by atomic mass is 10.2. The van der Waals surface area contributed by atoms with Gasteiger partial charge in [0.05, 0.1) is 30.0 Å². The van der Waals surface area contributed by atoms with Gasteiger partial charge in [0.1, 0.15) is 5.82 Å². The van der Waals surface area contributed by atoms with E-state index in [-0.39, 0.29) is 37.0 Å². The zero-order chi connectivity index (χ0) is 19.4. The van der Waals surface area contributed by atoms with Gasteiger partial charge in [-0.25, -0.2) is 4.98 Å². The smallest absolute Gasteiger partial charge is 0.306 e. The highest BCUT2D eigenvalue weighted by Crippen LogP contribution is 2.09. The fourth-order valence-corrected chi connectivity index (χ4v) is 3.05.